The molecule has 1 aliphatic rings. The summed E-state index contributed by atoms with van der Waals surface area (Å²) < 4.78 is 3.08. The van der Waals surface area contributed by atoms with Gasteiger partial charge in [0.15, 0.2) is 0 Å². The van der Waals surface area contributed by atoms with Crippen molar-refractivity contribution in [2.45, 2.75) is 38.8 Å². The second-order valence-electron chi connectivity index (χ2n) is 5.66. The van der Waals surface area contributed by atoms with E-state index in [1.807, 2.05) is 30.0 Å². The van der Waals surface area contributed by atoms with Gasteiger partial charge >= 0.3 is 0 Å². The van der Waals surface area contributed by atoms with Crippen molar-refractivity contribution < 1.29 is 4.79 Å². The number of imidazole rings is 1. The highest BCUT2D eigenvalue weighted by molar-refractivity contribution is 9.11. The molecule has 1 fully saturated rings. The van der Waals surface area contributed by atoms with E-state index in [-0.39, 0.29) is 11.9 Å². The van der Waals surface area contributed by atoms with Crippen molar-refractivity contribution in [2.75, 3.05) is 6.54 Å². The van der Waals surface area contributed by atoms with E-state index in [9.17, 15) is 4.79 Å². The molecule has 1 aromatic heterocycles. The lowest BCUT2D eigenvalue weighted by molar-refractivity contribution is -0.131. The molecule has 0 unspecified atom stereocenters. The highest BCUT2D eigenvalue weighted by Crippen LogP contribution is 2.34. The van der Waals surface area contributed by atoms with Crippen LogP contribution in [0.5, 0.6) is 0 Å². The van der Waals surface area contributed by atoms with E-state index in [1.54, 1.807) is 0 Å². The van der Waals surface area contributed by atoms with Gasteiger partial charge in [-0.2, -0.15) is 0 Å². The van der Waals surface area contributed by atoms with E-state index in [4.69, 9.17) is 4.98 Å². The molecule has 3 rings (SSSR count). The molecule has 1 aromatic carbocycles. The molecule has 0 spiro atoms. The van der Waals surface area contributed by atoms with Crippen LogP contribution in [0.2, 0.25) is 0 Å². The summed E-state index contributed by atoms with van der Waals surface area (Å²) in [5.41, 5.74) is 2.07. The van der Waals surface area contributed by atoms with E-state index in [2.05, 4.69) is 33.1 Å². The van der Waals surface area contributed by atoms with Crippen LogP contribution in [0, 0.1) is 0 Å². The van der Waals surface area contributed by atoms with E-state index < -0.39 is 0 Å². The predicted octanol–water partition coefficient (Wildman–Crippen LogP) is 4.02. The van der Waals surface area contributed by atoms with E-state index >= 15 is 0 Å². The van der Waals surface area contributed by atoms with Gasteiger partial charge in [0.1, 0.15) is 5.82 Å². The standard InChI is InChI=1S/C17H20BrN3O/c1-3-16(22)20-10-6-9-15(20)17-19-13-7-4-5-8-14(13)21(17)11-12(2)18/h4-5,7-8,15H,2-3,6,9-11H2,1H3/t15-/m0/s1. The molecule has 1 aliphatic heterocycles. The van der Waals surface area contributed by atoms with Crippen LogP contribution in [0.25, 0.3) is 11.0 Å². The predicted molar refractivity (Wildman–Crippen MR) is 91.8 cm³/mol. The number of aromatic nitrogens is 2. The summed E-state index contributed by atoms with van der Waals surface area (Å²) in [5, 5.41) is 0. The molecule has 0 aliphatic carbocycles. The van der Waals surface area contributed by atoms with Crippen molar-refractivity contribution in [1.82, 2.24) is 14.5 Å². The average Bonchev–Trinajstić information content (AvgIpc) is 3.11. The number of rotatable bonds is 4. The van der Waals surface area contributed by atoms with Crippen molar-refractivity contribution in [3.8, 4) is 0 Å². The number of nitrogens with zero attached hydrogens (tertiary/aromatic N) is 3. The van der Waals surface area contributed by atoms with Crippen LogP contribution >= 0.6 is 15.9 Å². The van der Waals surface area contributed by atoms with Crippen LogP contribution in [-0.4, -0.2) is 26.9 Å². The lowest BCUT2D eigenvalue weighted by atomic mass is 10.2. The van der Waals surface area contributed by atoms with Gasteiger partial charge < -0.3 is 9.47 Å². The summed E-state index contributed by atoms with van der Waals surface area (Å²) in [6, 6.07) is 8.18. The van der Waals surface area contributed by atoms with Gasteiger partial charge in [-0.3, -0.25) is 4.79 Å². The summed E-state index contributed by atoms with van der Waals surface area (Å²) in [5.74, 6) is 1.18. The number of carbonyl (C=O) groups is 1. The number of para-hydroxylation sites is 2. The summed E-state index contributed by atoms with van der Waals surface area (Å²) in [6.07, 6.45) is 2.56. The summed E-state index contributed by atoms with van der Waals surface area (Å²) >= 11 is 3.46. The van der Waals surface area contributed by atoms with Crippen LogP contribution in [0.15, 0.2) is 35.3 Å². The number of allylic oxidation sites excluding steroid dienone is 1. The number of carbonyl (C=O) groups excluding carboxylic acids is 1. The van der Waals surface area contributed by atoms with E-state index in [0.29, 0.717) is 13.0 Å². The molecule has 0 bridgehead atoms. The molecule has 2 aromatic rings. The molecule has 0 radical (unpaired) electrons. The molecule has 0 saturated carbocycles. The number of fused-ring (bicyclic) bond motifs is 1. The number of likely N-dealkylation sites (tertiary alicyclic amines) is 1. The molecule has 1 atom stereocenters. The summed E-state index contributed by atoms with van der Waals surface area (Å²) in [4.78, 5) is 19.0. The fraction of sp³-hybridized carbons (Fsp3) is 0.412. The minimum atomic E-state index is 0.0756. The second kappa shape index (κ2) is 6.24. The first-order valence-corrected chi connectivity index (χ1v) is 8.49. The van der Waals surface area contributed by atoms with Crippen molar-refractivity contribution >= 4 is 32.9 Å². The molecule has 4 nitrogen and oxygen atoms in total. The second-order valence-corrected chi connectivity index (χ2v) is 6.78. The number of hydrogen-bond donors (Lipinski definition) is 0. The largest absolute Gasteiger partial charge is 0.333 e. The van der Waals surface area contributed by atoms with Crippen molar-refractivity contribution in [2.24, 2.45) is 0 Å². The Morgan fingerprint density at radius 3 is 2.95 bits per heavy atom. The van der Waals surface area contributed by atoms with Crippen LogP contribution in [0.3, 0.4) is 0 Å². The van der Waals surface area contributed by atoms with Gasteiger partial charge in [0.25, 0.3) is 0 Å². The van der Waals surface area contributed by atoms with Gasteiger partial charge in [-0.1, -0.05) is 41.6 Å². The molecular formula is C17H20BrN3O. The maximum atomic E-state index is 12.2. The Labute approximate surface area is 138 Å². The van der Waals surface area contributed by atoms with Gasteiger partial charge in [0, 0.05) is 17.4 Å². The molecule has 1 saturated heterocycles. The Kier molecular flexibility index (Phi) is 4.34. The van der Waals surface area contributed by atoms with Gasteiger partial charge in [-0.05, 0) is 25.0 Å². The lowest BCUT2D eigenvalue weighted by Crippen LogP contribution is -2.31. The first kappa shape index (κ1) is 15.3. The minimum absolute atomic E-state index is 0.0756. The summed E-state index contributed by atoms with van der Waals surface area (Å²) in [7, 11) is 0. The Bertz CT molecular complexity index is 722. The van der Waals surface area contributed by atoms with Crippen molar-refractivity contribution in [1.29, 1.82) is 0 Å². The van der Waals surface area contributed by atoms with Gasteiger partial charge in [0.2, 0.25) is 5.91 Å². The average molecular weight is 362 g/mol. The van der Waals surface area contributed by atoms with Gasteiger partial charge in [-0.15, -0.1) is 0 Å². The normalized spacial score (nSPS) is 18.1. The zero-order chi connectivity index (χ0) is 15.7. The number of halogens is 1. The van der Waals surface area contributed by atoms with E-state index in [0.717, 1.165) is 40.7 Å². The highest BCUT2D eigenvalue weighted by Gasteiger charge is 2.32. The van der Waals surface area contributed by atoms with Crippen LogP contribution in [0.4, 0.5) is 0 Å². The zero-order valence-electron chi connectivity index (χ0n) is 12.8. The Balaban J connectivity index is 2.09. The third-order valence-corrected chi connectivity index (χ3v) is 4.44. The monoisotopic (exact) mass is 361 g/mol. The maximum absolute atomic E-state index is 12.2. The number of hydrogen-bond acceptors (Lipinski definition) is 2. The maximum Gasteiger partial charge on any atom is 0.222 e. The topological polar surface area (TPSA) is 38.1 Å². The first-order chi connectivity index (χ1) is 10.6. The Hall–Kier alpha value is -1.62. The molecule has 1 amide bonds. The fourth-order valence-corrected chi connectivity index (χ4v) is 3.47. The van der Waals surface area contributed by atoms with Gasteiger partial charge in [0.05, 0.1) is 23.6 Å². The SMILES string of the molecule is C=C(Br)Cn1c([C@@H]2CCCN2C(=O)CC)nc2ccccc21. The van der Waals surface area contributed by atoms with Crippen LogP contribution in [0.1, 0.15) is 38.1 Å². The lowest BCUT2D eigenvalue weighted by Gasteiger charge is -2.24. The van der Waals surface area contributed by atoms with E-state index in [1.165, 1.54) is 0 Å². The van der Waals surface area contributed by atoms with Crippen LogP contribution in [-0.2, 0) is 11.3 Å². The first-order valence-electron chi connectivity index (χ1n) is 7.69. The Morgan fingerprint density at radius 1 is 1.45 bits per heavy atom. The fourth-order valence-electron chi connectivity index (χ4n) is 3.22. The number of benzene rings is 1. The third kappa shape index (κ3) is 2.70. The molecule has 22 heavy (non-hydrogen) atoms. The third-order valence-electron chi connectivity index (χ3n) is 4.19. The molecule has 5 heteroatoms. The molecule has 2 heterocycles. The molecule has 0 N–H and O–H groups in total. The van der Waals surface area contributed by atoms with Gasteiger partial charge in [-0.25, -0.2) is 4.98 Å². The number of amides is 1. The molecular weight excluding hydrogens is 342 g/mol. The Morgan fingerprint density at radius 2 is 2.23 bits per heavy atom. The summed E-state index contributed by atoms with van der Waals surface area (Å²) in [6.45, 7) is 7.38. The van der Waals surface area contributed by atoms with Crippen molar-refractivity contribution in [3.05, 3.63) is 41.2 Å². The van der Waals surface area contributed by atoms with Crippen LogP contribution < -0.4 is 0 Å². The zero-order valence-corrected chi connectivity index (χ0v) is 14.3. The molecule has 116 valence electrons. The smallest absolute Gasteiger partial charge is 0.222 e. The highest BCUT2D eigenvalue weighted by atomic mass is 79.9. The minimum Gasteiger partial charge on any atom is -0.333 e. The van der Waals surface area contributed by atoms with Crippen molar-refractivity contribution in [3.63, 3.8) is 0 Å². The quantitative estimate of drug-likeness (QED) is 0.824.